The second-order valence-corrected chi connectivity index (χ2v) is 13.3. The Morgan fingerprint density at radius 1 is 0.922 bits per heavy atom. The minimum absolute atomic E-state index is 0.193. The number of carbonyl (C=O) groups excluding carboxylic acids is 3. The SMILES string of the molecule is C[C@@H]1CCCCO[C@@H](CN(C)C(=O)Nc2cccc3ccccc23)[C@@H](C)CN([C@H](C)CO)C(=O)c2cc(NC(=O)Nc3ccccc3)ccc2O1. The van der Waals surface area contributed by atoms with E-state index in [0.717, 1.165) is 35.7 Å². The molecule has 1 heterocycles. The van der Waals surface area contributed by atoms with Crippen LogP contribution in [0.25, 0.3) is 10.8 Å². The zero-order valence-corrected chi connectivity index (χ0v) is 29.8. The van der Waals surface area contributed by atoms with Crippen LogP contribution in [-0.2, 0) is 4.74 Å². The van der Waals surface area contributed by atoms with E-state index in [1.165, 1.54) is 0 Å². The Kier molecular flexibility index (Phi) is 12.9. The van der Waals surface area contributed by atoms with Crippen molar-refractivity contribution in [3.05, 3.63) is 96.6 Å². The van der Waals surface area contributed by atoms with Gasteiger partial charge in [-0.25, -0.2) is 9.59 Å². The van der Waals surface area contributed by atoms with E-state index in [0.29, 0.717) is 23.7 Å². The molecule has 4 N–H and O–H groups in total. The van der Waals surface area contributed by atoms with E-state index in [4.69, 9.17) is 9.47 Å². The number of para-hydroxylation sites is 1. The van der Waals surface area contributed by atoms with Gasteiger partial charge < -0.3 is 40.3 Å². The van der Waals surface area contributed by atoms with E-state index < -0.39 is 18.2 Å². The van der Waals surface area contributed by atoms with Crippen LogP contribution >= 0.6 is 0 Å². The average molecular weight is 696 g/mol. The highest BCUT2D eigenvalue weighted by atomic mass is 16.5. The molecule has 5 amide bonds. The van der Waals surface area contributed by atoms with Gasteiger partial charge in [-0.1, -0.05) is 61.5 Å². The molecule has 1 aliphatic heterocycles. The summed E-state index contributed by atoms with van der Waals surface area (Å²) in [6.45, 7) is 6.48. The molecule has 0 bridgehead atoms. The molecular weight excluding hydrogens is 646 g/mol. The first-order valence-electron chi connectivity index (χ1n) is 17.6. The fourth-order valence-electron chi connectivity index (χ4n) is 6.18. The molecule has 0 aliphatic carbocycles. The maximum absolute atomic E-state index is 14.4. The van der Waals surface area contributed by atoms with Crippen molar-refractivity contribution in [1.82, 2.24) is 9.80 Å². The molecule has 0 aromatic heterocycles. The Hall–Kier alpha value is -5.13. The topological polar surface area (TPSA) is 132 Å². The van der Waals surface area contributed by atoms with Crippen LogP contribution in [0.3, 0.4) is 0 Å². The molecule has 0 unspecified atom stereocenters. The number of ether oxygens (including phenoxy) is 2. The highest BCUT2D eigenvalue weighted by Crippen LogP contribution is 2.29. The molecule has 0 fully saturated rings. The third-order valence-corrected chi connectivity index (χ3v) is 9.17. The lowest BCUT2D eigenvalue weighted by Crippen LogP contribution is -2.48. The van der Waals surface area contributed by atoms with Gasteiger partial charge in [-0.15, -0.1) is 0 Å². The summed E-state index contributed by atoms with van der Waals surface area (Å²) in [6.07, 6.45) is 1.78. The van der Waals surface area contributed by atoms with Gasteiger partial charge in [0.05, 0.1) is 36.1 Å². The van der Waals surface area contributed by atoms with Crippen molar-refractivity contribution in [3.8, 4) is 5.75 Å². The van der Waals surface area contributed by atoms with E-state index in [-0.39, 0.29) is 49.2 Å². The lowest BCUT2D eigenvalue weighted by Gasteiger charge is -2.35. The lowest BCUT2D eigenvalue weighted by atomic mass is 10.0. The molecule has 270 valence electrons. The number of amides is 5. The minimum atomic E-state index is -0.538. The largest absolute Gasteiger partial charge is 0.490 e. The molecule has 0 radical (unpaired) electrons. The average Bonchev–Trinajstić information content (AvgIpc) is 3.13. The third kappa shape index (κ3) is 9.99. The van der Waals surface area contributed by atoms with E-state index in [1.54, 1.807) is 54.1 Å². The summed E-state index contributed by atoms with van der Waals surface area (Å²) >= 11 is 0. The second-order valence-electron chi connectivity index (χ2n) is 13.3. The highest BCUT2D eigenvalue weighted by Gasteiger charge is 2.31. The normalized spacial score (nSPS) is 19.2. The number of nitrogens with zero attached hydrogens (tertiary/aromatic N) is 2. The fourth-order valence-corrected chi connectivity index (χ4v) is 6.18. The predicted molar refractivity (Wildman–Crippen MR) is 202 cm³/mol. The predicted octanol–water partition coefficient (Wildman–Crippen LogP) is 7.44. The first-order chi connectivity index (χ1) is 24.6. The number of hydrogen-bond acceptors (Lipinski definition) is 6. The van der Waals surface area contributed by atoms with Gasteiger partial charge in [-0.05, 0) is 74.9 Å². The molecule has 4 aromatic carbocycles. The maximum atomic E-state index is 14.4. The van der Waals surface area contributed by atoms with Gasteiger partial charge in [-0.3, -0.25) is 4.79 Å². The first kappa shape index (κ1) is 37.1. The van der Waals surface area contributed by atoms with Crippen LogP contribution in [0.4, 0.5) is 26.7 Å². The molecule has 11 nitrogen and oxygen atoms in total. The van der Waals surface area contributed by atoms with Crippen molar-refractivity contribution in [1.29, 1.82) is 0 Å². The van der Waals surface area contributed by atoms with Gasteiger partial charge in [-0.2, -0.15) is 0 Å². The summed E-state index contributed by atoms with van der Waals surface area (Å²) in [4.78, 5) is 43.9. The van der Waals surface area contributed by atoms with Crippen LogP contribution < -0.4 is 20.7 Å². The number of aliphatic hydroxyl groups is 1. The van der Waals surface area contributed by atoms with Crippen molar-refractivity contribution in [2.24, 2.45) is 5.92 Å². The zero-order chi connectivity index (χ0) is 36.3. The summed E-state index contributed by atoms with van der Waals surface area (Å²) in [5.74, 6) is -0.172. The number of anilines is 3. The van der Waals surface area contributed by atoms with E-state index >= 15 is 0 Å². The number of rotatable bonds is 7. The van der Waals surface area contributed by atoms with E-state index in [9.17, 15) is 19.5 Å². The van der Waals surface area contributed by atoms with Gasteiger partial charge in [0.2, 0.25) is 0 Å². The van der Waals surface area contributed by atoms with Gasteiger partial charge in [0, 0.05) is 49.4 Å². The van der Waals surface area contributed by atoms with Crippen molar-refractivity contribution < 1.29 is 29.0 Å². The van der Waals surface area contributed by atoms with Crippen LogP contribution in [0.2, 0.25) is 0 Å². The van der Waals surface area contributed by atoms with Gasteiger partial charge >= 0.3 is 12.1 Å². The first-order valence-corrected chi connectivity index (χ1v) is 17.6. The summed E-state index contributed by atoms with van der Waals surface area (Å²) < 4.78 is 12.7. The van der Waals surface area contributed by atoms with Gasteiger partial charge in [0.1, 0.15) is 5.75 Å². The van der Waals surface area contributed by atoms with Crippen LogP contribution in [0, 0.1) is 5.92 Å². The number of aliphatic hydroxyl groups excluding tert-OH is 1. The highest BCUT2D eigenvalue weighted by molar-refractivity contribution is 6.03. The number of carbonyl (C=O) groups is 3. The van der Waals surface area contributed by atoms with Crippen LogP contribution in [0.1, 0.15) is 50.4 Å². The number of nitrogens with one attached hydrogen (secondary N) is 3. The van der Waals surface area contributed by atoms with Crippen molar-refractivity contribution in [2.75, 3.05) is 49.3 Å². The van der Waals surface area contributed by atoms with Crippen molar-refractivity contribution in [3.63, 3.8) is 0 Å². The van der Waals surface area contributed by atoms with Crippen LogP contribution in [0.5, 0.6) is 5.75 Å². The monoisotopic (exact) mass is 695 g/mol. The van der Waals surface area contributed by atoms with Gasteiger partial charge in [0.15, 0.2) is 0 Å². The minimum Gasteiger partial charge on any atom is -0.490 e. The van der Waals surface area contributed by atoms with Gasteiger partial charge in [0.25, 0.3) is 5.91 Å². The molecule has 4 atom stereocenters. The standard InChI is InChI=1S/C40H49N5O6/c1-27-24-45(28(2)26-46)38(47)34-23-32(42-39(48)41-31-16-6-5-7-17-31)20-21-36(34)51-29(3)13-10-11-22-50-37(27)25-44(4)40(49)43-35-19-12-15-30-14-8-9-18-33(30)35/h5-9,12,14-21,23,27-29,37,46H,10-11,13,22,24-26H2,1-4H3,(H,43,49)(H2,41,42,48)/t27-,28+,29+,37-/m0/s1. The Balaban J connectivity index is 1.37. The smallest absolute Gasteiger partial charge is 0.323 e. The second kappa shape index (κ2) is 17.7. The van der Waals surface area contributed by atoms with Crippen LogP contribution in [-0.4, -0.2) is 84.5 Å². The Morgan fingerprint density at radius 3 is 2.43 bits per heavy atom. The Bertz CT molecular complexity index is 1780. The van der Waals surface area contributed by atoms with Crippen LogP contribution in [0.15, 0.2) is 91.0 Å². The summed E-state index contributed by atoms with van der Waals surface area (Å²) in [7, 11) is 1.74. The Labute approximate surface area is 299 Å². The van der Waals surface area contributed by atoms with Crippen molar-refractivity contribution in [2.45, 2.75) is 58.3 Å². The lowest BCUT2D eigenvalue weighted by molar-refractivity contribution is -0.0115. The maximum Gasteiger partial charge on any atom is 0.323 e. The number of hydrogen-bond donors (Lipinski definition) is 4. The molecule has 0 saturated heterocycles. The third-order valence-electron chi connectivity index (χ3n) is 9.17. The summed E-state index contributed by atoms with van der Waals surface area (Å²) in [5, 5.41) is 20.9. The molecule has 51 heavy (non-hydrogen) atoms. The Morgan fingerprint density at radius 2 is 1.65 bits per heavy atom. The van der Waals surface area contributed by atoms with Crippen molar-refractivity contribution >= 4 is 45.8 Å². The number of fused-ring (bicyclic) bond motifs is 2. The van der Waals surface area contributed by atoms with E-state index in [2.05, 4.69) is 16.0 Å². The molecule has 0 spiro atoms. The summed E-state index contributed by atoms with van der Waals surface area (Å²) in [6, 6.07) is 26.5. The molecule has 0 saturated carbocycles. The van der Waals surface area contributed by atoms with E-state index in [1.807, 2.05) is 74.5 Å². The quantitative estimate of drug-likeness (QED) is 0.159. The molecule has 11 heteroatoms. The molecular formula is C40H49N5O6. The molecule has 4 aromatic rings. The number of urea groups is 2. The zero-order valence-electron chi connectivity index (χ0n) is 29.8. The summed E-state index contributed by atoms with van der Waals surface area (Å²) in [5.41, 5.74) is 2.04. The molecule has 5 rings (SSSR count). The fraction of sp³-hybridized carbons (Fsp3) is 0.375. The number of likely N-dealkylation sites (N-methyl/N-ethyl adjacent to an activating group) is 1. The molecule has 1 aliphatic rings. The number of benzene rings is 4.